The fraction of sp³-hybridized carbons (Fsp3) is 0.364. The minimum atomic E-state index is 1.04. The SMILES string of the molecule is C(=Nc1ccccc1)N1CCCC1. The van der Waals surface area contributed by atoms with Gasteiger partial charge in [-0.25, -0.2) is 4.99 Å². The van der Waals surface area contributed by atoms with Crippen molar-refractivity contribution in [3.63, 3.8) is 0 Å². The molecule has 13 heavy (non-hydrogen) atoms. The van der Waals surface area contributed by atoms with Crippen molar-refractivity contribution in [3.05, 3.63) is 30.3 Å². The summed E-state index contributed by atoms with van der Waals surface area (Å²) in [5.41, 5.74) is 1.04. The molecule has 0 spiro atoms. The molecule has 68 valence electrons. The van der Waals surface area contributed by atoms with Crippen molar-refractivity contribution >= 4 is 12.0 Å². The molecule has 0 atom stereocenters. The van der Waals surface area contributed by atoms with Gasteiger partial charge in [-0.05, 0) is 25.0 Å². The third kappa shape index (κ3) is 2.31. The van der Waals surface area contributed by atoms with E-state index in [1.165, 1.54) is 12.8 Å². The van der Waals surface area contributed by atoms with Crippen LogP contribution >= 0.6 is 0 Å². The monoisotopic (exact) mass is 174 g/mol. The van der Waals surface area contributed by atoms with E-state index in [1.54, 1.807) is 0 Å². The summed E-state index contributed by atoms with van der Waals surface area (Å²) in [5.74, 6) is 0. The Hall–Kier alpha value is -1.31. The normalized spacial score (nSPS) is 17.1. The largest absolute Gasteiger partial charge is 0.363 e. The summed E-state index contributed by atoms with van der Waals surface area (Å²) in [6.45, 7) is 2.33. The maximum Gasteiger partial charge on any atom is 0.0912 e. The Morgan fingerprint density at radius 1 is 1.08 bits per heavy atom. The van der Waals surface area contributed by atoms with Crippen LogP contribution in [0.3, 0.4) is 0 Å². The van der Waals surface area contributed by atoms with Gasteiger partial charge >= 0.3 is 0 Å². The second-order valence-electron chi connectivity index (χ2n) is 3.32. The molecule has 1 aromatic carbocycles. The number of benzene rings is 1. The van der Waals surface area contributed by atoms with Crippen molar-refractivity contribution in [1.82, 2.24) is 4.90 Å². The second kappa shape index (κ2) is 4.08. The van der Waals surface area contributed by atoms with Gasteiger partial charge in [-0.3, -0.25) is 0 Å². The molecular formula is C11H14N2. The smallest absolute Gasteiger partial charge is 0.0912 e. The third-order valence-electron chi connectivity index (χ3n) is 2.27. The van der Waals surface area contributed by atoms with Crippen molar-refractivity contribution in [2.45, 2.75) is 12.8 Å². The van der Waals surface area contributed by atoms with E-state index < -0.39 is 0 Å². The Balaban J connectivity index is 1.97. The molecule has 0 amide bonds. The molecule has 1 aliphatic rings. The summed E-state index contributed by atoms with van der Waals surface area (Å²) in [4.78, 5) is 6.66. The summed E-state index contributed by atoms with van der Waals surface area (Å²) in [6.07, 6.45) is 4.57. The maximum absolute atomic E-state index is 4.39. The molecule has 2 rings (SSSR count). The minimum absolute atomic E-state index is 1.04. The zero-order valence-electron chi connectivity index (χ0n) is 7.69. The van der Waals surface area contributed by atoms with Crippen LogP contribution in [0.1, 0.15) is 12.8 Å². The predicted octanol–water partition coefficient (Wildman–Crippen LogP) is 2.44. The lowest BCUT2D eigenvalue weighted by molar-refractivity contribution is 0.536. The molecule has 0 saturated carbocycles. The molecule has 0 aliphatic carbocycles. The number of rotatable bonds is 2. The molecule has 0 aromatic heterocycles. The molecule has 1 saturated heterocycles. The van der Waals surface area contributed by atoms with E-state index in [2.05, 4.69) is 9.89 Å². The fourth-order valence-electron chi connectivity index (χ4n) is 1.52. The van der Waals surface area contributed by atoms with Gasteiger partial charge in [0.05, 0.1) is 12.0 Å². The standard InChI is InChI=1S/C11H14N2/c1-2-6-11(7-3-1)12-10-13-8-4-5-9-13/h1-3,6-7,10H,4-5,8-9H2. The Morgan fingerprint density at radius 2 is 1.77 bits per heavy atom. The van der Waals surface area contributed by atoms with E-state index in [9.17, 15) is 0 Å². The first kappa shape index (κ1) is 8.30. The van der Waals surface area contributed by atoms with Crippen LogP contribution in [0.2, 0.25) is 0 Å². The first-order valence-corrected chi connectivity index (χ1v) is 4.78. The van der Waals surface area contributed by atoms with E-state index in [-0.39, 0.29) is 0 Å². The van der Waals surface area contributed by atoms with Crippen LogP contribution in [0.5, 0.6) is 0 Å². The number of para-hydroxylation sites is 1. The van der Waals surface area contributed by atoms with E-state index in [0.29, 0.717) is 0 Å². The highest BCUT2D eigenvalue weighted by atomic mass is 15.2. The minimum Gasteiger partial charge on any atom is -0.363 e. The average Bonchev–Trinajstić information content (AvgIpc) is 2.69. The van der Waals surface area contributed by atoms with Crippen LogP contribution < -0.4 is 0 Å². The van der Waals surface area contributed by atoms with E-state index in [0.717, 1.165) is 18.8 Å². The third-order valence-corrected chi connectivity index (χ3v) is 2.27. The summed E-state index contributed by atoms with van der Waals surface area (Å²) >= 11 is 0. The van der Waals surface area contributed by atoms with Crippen molar-refractivity contribution in [1.29, 1.82) is 0 Å². The predicted molar refractivity (Wildman–Crippen MR) is 55.4 cm³/mol. The highest BCUT2D eigenvalue weighted by molar-refractivity contribution is 5.61. The molecule has 1 fully saturated rings. The van der Waals surface area contributed by atoms with Crippen LogP contribution in [0.4, 0.5) is 5.69 Å². The number of nitrogens with zero attached hydrogens (tertiary/aromatic N) is 2. The van der Waals surface area contributed by atoms with E-state index in [1.807, 2.05) is 36.7 Å². The summed E-state index contributed by atoms with van der Waals surface area (Å²) in [5, 5.41) is 0. The van der Waals surface area contributed by atoms with Crippen LogP contribution in [0, 0.1) is 0 Å². The van der Waals surface area contributed by atoms with Gasteiger partial charge < -0.3 is 4.90 Å². The van der Waals surface area contributed by atoms with Gasteiger partial charge in [0.1, 0.15) is 0 Å². The van der Waals surface area contributed by atoms with Crippen LogP contribution in [0.15, 0.2) is 35.3 Å². The molecule has 0 N–H and O–H groups in total. The van der Waals surface area contributed by atoms with Crippen molar-refractivity contribution in [2.24, 2.45) is 4.99 Å². The average molecular weight is 174 g/mol. The lowest BCUT2D eigenvalue weighted by Crippen LogP contribution is -2.15. The van der Waals surface area contributed by atoms with Crippen molar-refractivity contribution in [3.8, 4) is 0 Å². The summed E-state index contributed by atoms with van der Waals surface area (Å²) < 4.78 is 0. The topological polar surface area (TPSA) is 15.6 Å². The molecule has 2 nitrogen and oxygen atoms in total. The number of hydrogen-bond acceptors (Lipinski definition) is 1. The van der Waals surface area contributed by atoms with Crippen LogP contribution in [-0.2, 0) is 0 Å². The highest BCUT2D eigenvalue weighted by Crippen LogP contribution is 2.10. The molecule has 2 heteroatoms. The zero-order chi connectivity index (χ0) is 8.93. The Morgan fingerprint density at radius 3 is 2.46 bits per heavy atom. The van der Waals surface area contributed by atoms with Gasteiger partial charge in [-0.15, -0.1) is 0 Å². The van der Waals surface area contributed by atoms with Gasteiger partial charge in [-0.2, -0.15) is 0 Å². The number of hydrogen-bond donors (Lipinski definition) is 0. The van der Waals surface area contributed by atoms with Gasteiger partial charge in [0.2, 0.25) is 0 Å². The first-order valence-electron chi connectivity index (χ1n) is 4.78. The lowest BCUT2D eigenvalue weighted by Gasteiger charge is -2.08. The highest BCUT2D eigenvalue weighted by Gasteiger charge is 2.06. The lowest BCUT2D eigenvalue weighted by atomic mass is 10.3. The molecule has 1 aromatic rings. The Bertz CT molecular complexity index is 273. The fourth-order valence-corrected chi connectivity index (χ4v) is 1.52. The molecule has 1 heterocycles. The van der Waals surface area contributed by atoms with Gasteiger partial charge in [0.15, 0.2) is 0 Å². The van der Waals surface area contributed by atoms with Gasteiger partial charge in [0, 0.05) is 13.1 Å². The number of likely N-dealkylation sites (tertiary alicyclic amines) is 1. The second-order valence-corrected chi connectivity index (χ2v) is 3.32. The quantitative estimate of drug-likeness (QED) is 0.496. The van der Waals surface area contributed by atoms with E-state index in [4.69, 9.17) is 0 Å². The van der Waals surface area contributed by atoms with Crippen LogP contribution in [0.25, 0.3) is 0 Å². The van der Waals surface area contributed by atoms with Crippen molar-refractivity contribution < 1.29 is 0 Å². The van der Waals surface area contributed by atoms with Crippen molar-refractivity contribution in [2.75, 3.05) is 13.1 Å². The molecule has 0 radical (unpaired) electrons. The first-order chi connectivity index (χ1) is 6.45. The molecule has 0 bridgehead atoms. The zero-order valence-corrected chi connectivity index (χ0v) is 7.69. The molecule has 1 aliphatic heterocycles. The maximum atomic E-state index is 4.39. The van der Waals surface area contributed by atoms with Gasteiger partial charge in [0.25, 0.3) is 0 Å². The summed E-state index contributed by atoms with van der Waals surface area (Å²) in [7, 11) is 0. The van der Waals surface area contributed by atoms with Crippen LogP contribution in [-0.4, -0.2) is 24.3 Å². The molecular weight excluding hydrogens is 160 g/mol. The Kier molecular flexibility index (Phi) is 2.60. The van der Waals surface area contributed by atoms with Gasteiger partial charge in [-0.1, -0.05) is 18.2 Å². The summed E-state index contributed by atoms with van der Waals surface area (Å²) in [6, 6.07) is 10.1. The van der Waals surface area contributed by atoms with E-state index >= 15 is 0 Å². The Labute approximate surface area is 78.9 Å². The number of aliphatic imine (C=N–C) groups is 1. The molecule has 0 unspecified atom stereocenters.